The second-order valence-corrected chi connectivity index (χ2v) is 4.01. The molecule has 0 unspecified atom stereocenters. The monoisotopic (exact) mass is 242 g/mol. The highest BCUT2D eigenvalue weighted by Gasteiger charge is 2.08. The number of rotatable bonds is 4. The summed E-state index contributed by atoms with van der Waals surface area (Å²) >= 11 is 0. The van der Waals surface area contributed by atoms with Crippen LogP contribution >= 0.6 is 0 Å². The molecule has 0 aliphatic heterocycles. The van der Waals surface area contributed by atoms with Gasteiger partial charge in [-0.1, -0.05) is 12.1 Å². The average molecular weight is 242 g/mol. The number of nitrogens with zero attached hydrogens (tertiary/aromatic N) is 1. The summed E-state index contributed by atoms with van der Waals surface area (Å²) < 4.78 is 0. The van der Waals surface area contributed by atoms with E-state index in [9.17, 15) is 4.79 Å². The summed E-state index contributed by atoms with van der Waals surface area (Å²) in [6, 6.07) is 10.7. The lowest BCUT2D eigenvalue weighted by Gasteiger charge is -2.09. The molecule has 0 aliphatic carbocycles. The zero-order chi connectivity index (χ0) is 13.0. The Morgan fingerprint density at radius 3 is 2.83 bits per heavy atom. The number of pyridine rings is 1. The van der Waals surface area contributed by atoms with Gasteiger partial charge in [-0.3, -0.25) is 4.98 Å². The van der Waals surface area contributed by atoms with Gasteiger partial charge in [0, 0.05) is 24.1 Å². The zero-order valence-corrected chi connectivity index (χ0v) is 10.1. The van der Waals surface area contributed by atoms with E-state index in [0.717, 1.165) is 11.3 Å². The average Bonchev–Trinajstić information content (AvgIpc) is 2.37. The van der Waals surface area contributed by atoms with Crippen LogP contribution in [0.25, 0.3) is 0 Å². The van der Waals surface area contributed by atoms with Crippen molar-refractivity contribution < 1.29 is 9.90 Å². The topological polar surface area (TPSA) is 62.2 Å². The Kier molecular flexibility index (Phi) is 3.57. The van der Waals surface area contributed by atoms with Crippen molar-refractivity contribution in [1.29, 1.82) is 0 Å². The van der Waals surface area contributed by atoms with Crippen LogP contribution in [-0.4, -0.2) is 16.1 Å². The molecular weight excluding hydrogens is 228 g/mol. The molecule has 2 rings (SSSR count). The van der Waals surface area contributed by atoms with E-state index in [1.807, 2.05) is 25.1 Å². The fraction of sp³-hybridized carbons (Fsp3) is 0.143. The van der Waals surface area contributed by atoms with Crippen LogP contribution in [0.4, 0.5) is 5.69 Å². The SMILES string of the molecule is Cc1cc(CNc2ccccc2C(=O)O)ccn1. The first-order valence-electron chi connectivity index (χ1n) is 5.64. The first-order valence-corrected chi connectivity index (χ1v) is 5.64. The van der Waals surface area contributed by atoms with Gasteiger partial charge in [-0.15, -0.1) is 0 Å². The fourth-order valence-corrected chi connectivity index (χ4v) is 1.74. The molecule has 0 amide bonds. The maximum Gasteiger partial charge on any atom is 0.337 e. The van der Waals surface area contributed by atoms with Gasteiger partial charge in [0.25, 0.3) is 0 Å². The van der Waals surface area contributed by atoms with Crippen molar-refractivity contribution in [2.45, 2.75) is 13.5 Å². The van der Waals surface area contributed by atoms with Gasteiger partial charge >= 0.3 is 5.97 Å². The van der Waals surface area contributed by atoms with E-state index >= 15 is 0 Å². The van der Waals surface area contributed by atoms with E-state index in [4.69, 9.17) is 5.11 Å². The van der Waals surface area contributed by atoms with Gasteiger partial charge in [0.05, 0.1) is 5.56 Å². The molecule has 0 fully saturated rings. The first-order chi connectivity index (χ1) is 8.66. The number of aryl methyl sites for hydroxylation is 1. The van der Waals surface area contributed by atoms with Crippen LogP contribution in [0.2, 0.25) is 0 Å². The first kappa shape index (κ1) is 12.1. The standard InChI is InChI=1S/C14H14N2O2/c1-10-8-11(6-7-15-10)9-16-13-5-3-2-4-12(13)14(17)18/h2-8,16H,9H2,1H3,(H,17,18). The zero-order valence-electron chi connectivity index (χ0n) is 10.1. The van der Waals surface area contributed by atoms with Gasteiger partial charge in [-0.05, 0) is 36.8 Å². The van der Waals surface area contributed by atoms with Crippen molar-refractivity contribution in [2.75, 3.05) is 5.32 Å². The minimum Gasteiger partial charge on any atom is -0.478 e. The van der Waals surface area contributed by atoms with Gasteiger partial charge in [0.2, 0.25) is 0 Å². The van der Waals surface area contributed by atoms with Crippen LogP contribution in [0, 0.1) is 6.92 Å². The van der Waals surface area contributed by atoms with E-state index in [1.165, 1.54) is 0 Å². The molecule has 0 radical (unpaired) electrons. The van der Waals surface area contributed by atoms with Crippen LogP contribution in [0.15, 0.2) is 42.6 Å². The third-order valence-corrected chi connectivity index (χ3v) is 2.60. The van der Waals surface area contributed by atoms with Crippen molar-refractivity contribution in [1.82, 2.24) is 4.98 Å². The summed E-state index contributed by atoms with van der Waals surface area (Å²) in [5, 5.41) is 12.2. The van der Waals surface area contributed by atoms with Crippen molar-refractivity contribution in [2.24, 2.45) is 0 Å². The molecule has 4 heteroatoms. The van der Waals surface area contributed by atoms with E-state index < -0.39 is 5.97 Å². The third-order valence-electron chi connectivity index (χ3n) is 2.60. The second-order valence-electron chi connectivity index (χ2n) is 4.01. The minimum absolute atomic E-state index is 0.281. The predicted octanol–water partition coefficient (Wildman–Crippen LogP) is 2.70. The van der Waals surface area contributed by atoms with Crippen molar-refractivity contribution in [3.05, 3.63) is 59.4 Å². The van der Waals surface area contributed by atoms with E-state index in [0.29, 0.717) is 12.2 Å². The molecule has 0 bridgehead atoms. The maximum absolute atomic E-state index is 11.0. The summed E-state index contributed by atoms with van der Waals surface area (Å²) in [5.74, 6) is -0.927. The molecule has 18 heavy (non-hydrogen) atoms. The van der Waals surface area contributed by atoms with E-state index in [1.54, 1.807) is 24.4 Å². The number of hydrogen-bond donors (Lipinski definition) is 2. The Morgan fingerprint density at radius 1 is 1.33 bits per heavy atom. The number of carbonyl (C=O) groups is 1. The van der Waals surface area contributed by atoms with Gasteiger partial charge in [-0.25, -0.2) is 4.79 Å². The lowest BCUT2D eigenvalue weighted by molar-refractivity contribution is 0.0698. The highest BCUT2D eigenvalue weighted by Crippen LogP contribution is 2.16. The number of para-hydroxylation sites is 1. The molecule has 2 aromatic rings. The molecule has 1 aromatic heterocycles. The molecular formula is C14H14N2O2. The molecule has 0 aliphatic rings. The quantitative estimate of drug-likeness (QED) is 0.865. The summed E-state index contributed by atoms with van der Waals surface area (Å²) in [7, 11) is 0. The number of aromatic carboxylic acids is 1. The molecule has 2 N–H and O–H groups in total. The van der Waals surface area contributed by atoms with Crippen LogP contribution in [0.5, 0.6) is 0 Å². The Labute approximate surface area is 105 Å². The summed E-state index contributed by atoms with van der Waals surface area (Å²) in [4.78, 5) is 15.2. The lowest BCUT2D eigenvalue weighted by atomic mass is 10.1. The molecule has 92 valence electrons. The molecule has 0 saturated carbocycles. The highest BCUT2D eigenvalue weighted by atomic mass is 16.4. The number of hydrogen-bond acceptors (Lipinski definition) is 3. The number of carboxylic acids is 1. The van der Waals surface area contributed by atoms with Crippen LogP contribution in [-0.2, 0) is 6.54 Å². The number of nitrogens with one attached hydrogen (secondary N) is 1. The third kappa shape index (κ3) is 2.85. The molecule has 1 aromatic carbocycles. The van der Waals surface area contributed by atoms with Crippen molar-refractivity contribution in [3.63, 3.8) is 0 Å². The Hall–Kier alpha value is -2.36. The predicted molar refractivity (Wildman–Crippen MR) is 69.7 cm³/mol. The van der Waals surface area contributed by atoms with Crippen LogP contribution in [0.1, 0.15) is 21.6 Å². The number of benzene rings is 1. The summed E-state index contributed by atoms with van der Waals surface area (Å²) in [6.07, 6.45) is 1.75. The molecule has 0 spiro atoms. The highest BCUT2D eigenvalue weighted by molar-refractivity contribution is 5.94. The normalized spacial score (nSPS) is 10.1. The van der Waals surface area contributed by atoms with Crippen LogP contribution in [0.3, 0.4) is 0 Å². The maximum atomic E-state index is 11.0. The van der Waals surface area contributed by atoms with E-state index in [2.05, 4.69) is 10.3 Å². The number of aromatic nitrogens is 1. The second kappa shape index (κ2) is 5.31. The summed E-state index contributed by atoms with van der Waals surface area (Å²) in [5.41, 5.74) is 2.92. The van der Waals surface area contributed by atoms with E-state index in [-0.39, 0.29) is 5.56 Å². The van der Waals surface area contributed by atoms with Crippen LogP contribution < -0.4 is 5.32 Å². The Balaban J connectivity index is 2.13. The number of carboxylic acid groups (broad SMARTS) is 1. The Morgan fingerprint density at radius 2 is 2.11 bits per heavy atom. The lowest BCUT2D eigenvalue weighted by Crippen LogP contribution is -2.06. The van der Waals surface area contributed by atoms with Crippen molar-refractivity contribution >= 4 is 11.7 Å². The largest absolute Gasteiger partial charge is 0.478 e. The Bertz CT molecular complexity index is 567. The fourth-order valence-electron chi connectivity index (χ4n) is 1.74. The molecule has 0 atom stereocenters. The van der Waals surface area contributed by atoms with Gasteiger partial charge in [0.1, 0.15) is 0 Å². The van der Waals surface area contributed by atoms with Gasteiger partial charge in [0.15, 0.2) is 0 Å². The van der Waals surface area contributed by atoms with Gasteiger partial charge < -0.3 is 10.4 Å². The molecule has 0 saturated heterocycles. The summed E-state index contributed by atoms with van der Waals surface area (Å²) in [6.45, 7) is 2.50. The minimum atomic E-state index is -0.927. The molecule has 4 nitrogen and oxygen atoms in total. The molecule has 1 heterocycles. The smallest absolute Gasteiger partial charge is 0.337 e. The van der Waals surface area contributed by atoms with Crippen molar-refractivity contribution in [3.8, 4) is 0 Å². The van der Waals surface area contributed by atoms with Gasteiger partial charge in [-0.2, -0.15) is 0 Å². The number of anilines is 1.